The first-order valence-corrected chi connectivity index (χ1v) is 8.01. The molecule has 0 aliphatic rings. The van der Waals surface area contributed by atoms with Gasteiger partial charge in [0.05, 0.1) is 15.7 Å². The van der Waals surface area contributed by atoms with Gasteiger partial charge in [-0.2, -0.15) is 0 Å². The second-order valence-corrected chi connectivity index (χ2v) is 6.86. The molecule has 2 N–H and O–H groups in total. The van der Waals surface area contributed by atoms with Gasteiger partial charge in [-0.1, -0.05) is 23.7 Å². The number of rotatable bonds is 4. The minimum absolute atomic E-state index is 0.0257. The molecule has 7 heteroatoms. The van der Waals surface area contributed by atoms with E-state index in [1.807, 2.05) is 0 Å². The SMILES string of the molecule is NCc1cc(CS(=O)(=O)c2ccc(F)c(Cl)c2)ccc1F. The highest BCUT2D eigenvalue weighted by molar-refractivity contribution is 7.90. The van der Waals surface area contributed by atoms with Gasteiger partial charge in [0.1, 0.15) is 11.6 Å². The standard InChI is InChI=1S/C14H12ClF2NO2S/c15-12-6-11(2-4-14(12)17)21(19,20)8-9-1-3-13(16)10(5-9)7-18/h1-6H,7-8,18H2. The first-order chi connectivity index (χ1) is 9.83. The molecule has 0 aliphatic carbocycles. The van der Waals surface area contributed by atoms with Gasteiger partial charge >= 0.3 is 0 Å². The van der Waals surface area contributed by atoms with Crippen molar-refractivity contribution in [1.29, 1.82) is 0 Å². The molecular formula is C14H12ClF2NO2S. The normalized spacial score (nSPS) is 11.6. The first kappa shape index (κ1) is 15.9. The lowest BCUT2D eigenvalue weighted by atomic mass is 10.1. The smallest absolute Gasteiger partial charge is 0.182 e. The Morgan fingerprint density at radius 3 is 2.33 bits per heavy atom. The Hall–Kier alpha value is -1.50. The molecule has 0 saturated carbocycles. The van der Waals surface area contributed by atoms with E-state index in [-0.39, 0.29) is 27.8 Å². The lowest BCUT2D eigenvalue weighted by Crippen LogP contribution is -2.07. The van der Waals surface area contributed by atoms with Crippen molar-refractivity contribution in [3.63, 3.8) is 0 Å². The molecule has 0 atom stereocenters. The summed E-state index contributed by atoms with van der Waals surface area (Å²) in [4.78, 5) is -0.0903. The Labute approximate surface area is 126 Å². The van der Waals surface area contributed by atoms with E-state index < -0.39 is 21.5 Å². The second-order valence-electron chi connectivity index (χ2n) is 4.46. The summed E-state index contributed by atoms with van der Waals surface area (Å²) >= 11 is 5.59. The van der Waals surface area contributed by atoms with Crippen LogP contribution < -0.4 is 5.73 Å². The summed E-state index contributed by atoms with van der Waals surface area (Å²) in [5.41, 5.74) is 6.02. The molecule has 112 valence electrons. The molecular weight excluding hydrogens is 320 g/mol. The van der Waals surface area contributed by atoms with Crippen molar-refractivity contribution in [2.24, 2.45) is 5.73 Å². The second kappa shape index (κ2) is 6.09. The number of benzene rings is 2. The maximum Gasteiger partial charge on any atom is 0.182 e. The zero-order valence-electron chi connectivity index (χ0n) is 10.8. The van der Waals surface area contributed by atoms with Gasteiger partial charge in [0.25, 0.3) is 0 Å². The lowest BCUT2D eigenvalue weighted by molar-refractivity contribution is 0.592. The van der Waals surface area contributed by atoms with E-state index >= 15 is 0 Å². The lowest BCUT2D eigenvalue weighted by Gasteiger charge is -2.07. The van der Waals surface area contributed by atoms with Gasteiger partial charge in [-0.3, -0.25) is 0 Å². The van der Waals surface area contributed by atoms with E-state index in [0.29, 0.717) is 5.56 Å². The summed E-state index contributed by atoms with van der Waals surface area (Å²) in [5, 5.41) is -0.266. The fourth-order valence-electron chi connectivity index (χ4n) is 1.85. The third kappa shape index (κ3) is 3.58. The summed E-state index contributed by atoms with van der Waals surface area (Å²) in [7, 11) is -3.70. The Balaban J connectivity index is 2.35. The summed E-state index contributed by atoms with van der Waals surface area (Å²) in [6.45, 7) is -0.0257. The van der Waals surface area contributed by atoms with Crippen LogP contribution in [-0.2, 0) is 22.1 Å². The number of hydrogen-bond acceptors (Lipinski definition) is 3. The molecule has 0 amide bonds. The Morgan fingerprint density at radius 1 is 1.05 bits per heavy atom. The monoisotopic (exact) mass is 331 g/mol. The van der Waals surface area contributed by atoms with E-state index in [0.717, 1.165) is 18.2 Å². The van der Waals surface area contributed by atoms with Crippen LogP contribution in [0.2, 0.25) is 5.02 Å². The highest BCUT2D eigenvalue weighted by atomic mass is 35.5. The maximum absolute atomic E-state index is 13.3. The molecule has 0 fully saturated rings. The molecule has 0 bridgehead atoms. The van der Waals surface area contributed by atoms with Crippen molar-refractivity contribution in [2.75, 3.05) is 0 Å². The number of hydrogen-bond donors (Lipinski definition) is 1. The average Bonchev–Trinajstić information content (AvgIpc) is 2.43. The maximum atomic E-state index is 13.3. The van der Waals surface area contributed by atoms with Crippen LogP contribution in [0, 0.1) is 11.6 Å². The van der Waals surface area contributed by atoms with Crippen LogP contribution in [0.1, 0.15) is 11.1 Å². The molecule has 0 unspecified atom stereocenters. The fourth-order valence-corrected chi connectivity index (χ4v) is 3.45. The van der Waals surface area contributed by atoms with Gasteiger partial charge in [0.15, 0.2) is 9.84 Å². The van der Waals surface area contributed by atoms with Crippen molar-refractivity contribution < 1.29 is 17.2 Å². The van der Waals surface area contributed by atoms with Crippen LogP contribution in [-0.4, -0.2) is 8.42 Å². The van der Waals surface area contributed by atoms with E-state index in [1.54, 1.807) is 0 Å². The van der Waals surface area contributed by atoms with Crippen LogP contribution in [0.5, 0.6) is 0 Å². The molecule has 2 aromatic rings. The fraction of sp³-hybridized carbons (Fsp3) is 0.143. The van der Waals surface area contributed by atoms with Crippen molar-refractivity contribution >= 4 is 21.4 Å². The van der Waals surface area contributed by atoms with E-state index in [4.69, 9.17) is 17.3 Å². The molecule has 21 heavy (non-hydrogen) atoms. The predicted molar refractivity (Wildman–Crippen MR) is 76.6 cm³/mol. The van der Waals surface area contributed by atoms with Crippen LogP contribution in [0.25, 0.3) is 0 Å². The highest BCUT2D eigenvalue weighted by Crippen LogP contribution is 2.23. The molecule has 0 spiro atoms. The average molecular weight is 332 g/mol. The van der Waals surface area contributed by atoms with Gasteiger partial charge in [-0.25, -0.2) is 17.2 Å². The summed E-state index contributed by atoms with van der Waals surface area (Å²) in [6, 6.07) is 7.13. The quantitative estimate of drug-likeness (QED) is 0.876. The Bertz CT molecular complexity index is 779. The largest absolute Gasteiger partial charge is 0.326 e. The molecule has 2 rings (SSSR count). The van der Waals surface area contributed by atoms with E-state index in [9.17, 15) is 17.2 Å². The number of halogens is 3. The summed E-state index contributed by atoms with van der Waals surface area (Å²) in [6.07, 6.45) is 0. The van der Waals surface area contributed by atoms with E-state index in [1.165, 1.54) is 18.2 Å². The van der Waals surface area contributed by atoms with Crippen LogP contribution >= 0.6 is 11.6 Å². The molecule has 0 aromatic heterocycles. The molecule has 0 saturated heterocycles. The van der Waals surface area contributed by atoms with Crippen LogP contribution in [0.3, 0.4) is 0 Å². The van der Waals surface area contributed by atoms with Gasteiger partial charge in [0.2, 0.25) is 0 Å². The minimum Gasteiger partial charge on any atom is -0.326 e. The number of sulfone groups is 1. The van der Waals surface area contributed by atoms with Gasteiger partial charge < -0.3 is 5.73 Å². The first-order valence-electron chi connectivity index (χ1n) is 5.98. The molecule has 3 nitrogen and oxygen atoms in total. The molecule has 0 heterocycles. The van der Waals surface area contributed by atoms with Crippen molar-refractivity contribution in [3.8, 4) is 0 Å². The van der Waals surface area contributed by atoms with Crippen molar-refractivity contribution in [1.82, 2.24) is 0 Å². The van der Waals surface area contributed by atoms with Crippen LogP contribution in [0.4, 0.5) is 8.78 Å². The van der Waals surface area contributed by atoms with E-state index in [2.05, 4.69) is 0 Å². The van der Waals surface area contributed by atoms with Gasteiger partial charge in [-0.15, -0.1) is 0 Å². The van der Waals surface area contributed by atoms with Crippen molar-refractivity contribution in [3.05, 3.63) is 64.2 Å². The number of nitrogens with two attached hydrogens (primary N) is 1. The topological polar surface area (TPSA) is 60.2 Å². The molecule has 2 aromatic carbocycles. The third-order valence-electron chi connectivity index (χ3n) is 2.94. The third-order valence-corrected chi connectivity index (χ3v) is 4.91. The zero-order chi connectivity index (χ0) is 15.6. The van der Waals surface area contributed by atoms with Gasteiger partial charge in [-0.05, 0) is 29.8 Å². The highest BCUT2D eigenvalue weighted by Gasteiger charge is 2.17. The zero-order valence-corrected chi connectivity index (χ0v) is 12.4. The predicted octanol–water partition coefficient (Wildman–Crippen LogP) is 3.05. The Kier molecular flexibility index (Phi) is 4.61. The minimum atomic E-state index is -3.70. The summed E-state index contributed by atoms with van der Waals surface area (Å²) < 4.78 is 50.9. The van der Waals surface area contributed by atoms with Gasteiger partial charge in [0, 0.05) is 12.1 Å². The Morgan fingerprint density at radius 2 is 1.71 bits per heavy atom. The molecule has 0 aliphatic heterocycles. The van der Waals surface area contributed by atoms with Crippen molar-refractivity contribution in [2.45, 2.75) is 17.2 Å². The molecule has 0 radical (unpaired) electrons. The summed E-state index contributed by atoms with van der Waals surface area (Å²) in [5.74, 6) is -1.52. The van der Waals surface area contributed by atoms with Crippen LogP contribution in [0.15, 0.2) is 41.3 Å².